The Hall–Kier alpha value is -1.58. The van der Waals surface area contributed by atoms with Crippen LogP contribution in [0.2, 0.25) is 0 Å². The summed E-state index contributed by atoms with van der Waals surface area (Å²) in [6.45, 7) is 0. The molecule has 0 radical (unpaired) electrons. The van der Waals surface area contributed by atoms with Crippen molar-refractivity contribution in [3.63, 3.8) is 0 Å². The maximum absolute atomic E-state index is 11.9. The average Bonchev–Trinajstić information content (AvgIpc) is 2.77. The van der Waals surface area contributed by atoms with Crippen LogP contribution in [0.5, 0.6) is 0 Å². The quantitative estimate of drug-likeness (QED) is 0.896. The Morgan fingerprint density at radius 3 is 2.60 bits per heavy atom. The van der Waals surface area contributed by atoms with Gasteiger partial charge in [-0.2, -0.15) is 12.7 Å². The monoisotopic (exact) mass is 313 g/mol. The Morgan fingerprint density at radius 1 is 1.30 bits per heavy atom. The van der Waals surface area contributed by atoms with E-state index in [0.29, 0.717) is 10.8 Å². The largest absolute Gasteiger partial charge is 0.311 e. The lowest BCUT2D eigenvalue weighted by atomic mass is 10.3. The van der Waals surface area contributed by atoms with Gasteiger partial charge in [0.25, 0.3) is 0 Å². The van der Waals surface area contributed by atoms with Gasteiger partial charge in [0, 0.05) is 26.0 Å². The van der Waals surface area contributed by atoms with E-state index in [0.717, 1.165) is 9.20 Å². The van der Waals surface area contributed by atoms with Crippen LogP contribution in [0, 0.1) is 0 Å². The second-order valence-corrected chi connectivity index (χ2v) is 7.11. The summed E-state index contributed by atoms with van der Waals surface area (Å²) >= 11 is 1.34. The number of aromatic nitrogens is 3. The lowest BCUT2D eigenvalue weighted by Gasteiger charge is -2.15. The van der Waals surface area contributed by atoms with Crippen molar-refractivity contribution in [2.45, 2.75) is 10.1 Å². The van der Waals surface area contributed by atoms with Gasteiger partial charge in [0.15, 0.2) is 5.16 Å². The number of nitrogens with zero attached hydrogens (tertiary/aromatic N) is 4. The molecule has 9 heteroatoms. The predicted octanol–water partition coefficient (Wildman–Crippen LogP) is 1.18. The SMILES string of the molecule is CN(C)S(=O)(=O)Nc1ccccc1Sc1nncn1C. The number of hydrogen-bond donors (Lipinski definition) is 1. The first-order chi connectivity index (χ1) is 9.40. The summed E-state index contributed by atoms with van der Waals surface area (Å²) in [6.07, 6.45) is 1.59. The Bertz CT molecular complexity index is 696. The Morgan fingerprint density at radius 2 is 2.00 bits per heavy atom. The Kier molecular flexibility index (Phi) is 4.31. The van der Waals surface area contributed by atoms with E-state index in [4.69, 9.17) is 0 Å². The van der Waals surface area contributed by atoms with Crippen LogP contribution in [0.1, 0.15) is 0 Å². The molecule has 0 saturated heterocycles. The molecule has 1 N–H and O–H groups in total. The predicted molar refractivity (Wildman–Crippen MR) is 77.8 cm³/mol. The third-order valence-electron chi connectivity index (χ3n) is 2.48. The fourth-order valence-corrected chi connectivity index (χ4v) is 2.89. The molecule has 0 atom stereocenters. The molecule has 0 unspecified atom stereocenters. The number of anilines is 1. The Balaban J connectivity index is 2.30. The van der Waals surface area contributed by atoms with Gasteiger partial charge < -0.3 is 4.57 Å². The van der Waals surface area contributed by atoms with Crippen LogP contribution < -0.4 is 4.72 Å². The van der Waals surface area contributed by atoms with Crippen molar-refractivity contribution in [2.75, 3.05) is 18.8 Å². The smallest absolute Gasteiger partial charge is 0.301 e. The van der Waals surface area contributed by atoms with Crippen LogP contribution in [-0.2, 0) is 17.3 Å². The van der Waals surface area contributed by atoms with Crippen molar-refractivity contribution in [3.8, 4) is 0 Å². The van der Waals surface area contributed by atoms with Crippen molar-refractivity contribution in [1.29, 1.82) is 0 Å². The van der Waals surface area contributed by atoms with E-state index in [9.17, 15) is 8.42 Å². The fourth-order valence-electron chi connectivity index (χ4n) is 1.33. The third-order valence-corrected chi connectivity index (χ3v) is 5.05. The summed E-state index contributed by atoms with van der Waals surface area (Å²) in [5.41, 5.74) is 0.509. The van der Waals surface area contributed by atoms with E-state index < -0.39 is 10.2 Å². The molecule has 1 aromatic carbocycles. The van der Waals surface area contributed by atoms with E-state index in [1.54, 1.807) is 23.0 Å². The molecule has 2 rings (SSSR count). The summed E-state index contributed by atoms with van der Waals surface area (Å²) in [5.74, 6) is 0. The molecule has 0 aliphatic rings. The highest BCUT2D eigenvalue weighted by Gasteiger charge is 2.16. The van der Waals surface area contributed by atoms with Crippen molar-refractivity contribution in [3.05, 3.63) is 30.6 Å². The first-order valence-corrected chi connectivity index (χ1v) is 7.97. The highest BCUT2D eigenvalue weighted by molar-refractivity contribution is 7.99. The molecular formula is C11H15N5O2S2. The lowest BCUT2D eigenvalue weighted by Crippen LogP contribution is -2.29. The number of nitrogens with one attached hydrogen (secondary N) is 1. The number of aryl methyl sites for hydroxylation is 1. The molecule has 0 fully saturated rings. The fraction of sp³-hybridized carbons (Fsp3) is 0.273. The van der Waals surface area contributed by atoms with Crippen molar-refractivity contribution >= 4 is 27.7 Å². The normalized spacial score (nSPS) is 11.8. The van der Waals surface area contributed by atoms with Crippen LogP contribution in [-0.4, -0.2) is 41.6 Å². The minimum Gasteiger partial charge on any atom is -0.311 e. The molecule has 108 valence electrons. The van der Waals surface area contributed by atoms with Crippen molar-refractivity contribution < 1.29 is 8.42 Å². The van der Waals surface area contributed by atoms with Crippen LogP contribution >= 0.6 is 11.8 Å². The maximum atomic E-state index is 11.9. The Labute approximate surface area is 122 Å². The minimum atomic E-state index is -3.54. The molecule has 7 nitrogen and oxygen atoms in total. The molecule has 0 bridgehead atoms. The van der Waals surface area contributed by atoms with Crippen molar-refractivity contribution in [2.24, 2.45) is 7.05 Å². The first-order valence-electron chi connectivity index (χ1n) is 5.71. The molecule has 0 saturated carbocycles. The second kappa shape index (κ2) is 5.81. The molecular weight excluding hydrogens is 298 g/mol. The molecule has 0 aliphatic heterocycles. The van der Waals surface area contributed by atoms with Crippen LogP contribution in [0.3, 0.4) is 0 Å². The first kappa shape index (κ1) is 14.8. The topological polar surface area (TPSA) is 80.1 Å². The molecule has 1 aromatic heterocycles. The van der Waals surface area contributed by atoms with Crippen LogP contribution in [0.15, 0.2) is 40.6 Å². The van der Waals surface area contributed by atoms with Crippen molar-refractivity contribution in [1.82, 2.24) is 19.1 Å². The van der Waals surface area contributed by atoms with Gasteiger partial charge in [-0.05, 0) is 23.9 Å². The van der Waals surface area contributed by atoms with Gasteiger partial charge in [-0.25, -0.2) is 0 Å². The molecule has 1 heterocycles. The molecule has 20 heavy (non-hydrogen) atoms. The average molecular weight is 313 g/mol. The number of benzene rings is 1. The van der Waals surface area contributed by atoms with Gasteiger partial charge in [-0.1, -0.05) is 12.1 Å². The van der Waals surface area contributed by atoms with E-state index >= 15 is 0 Å². The van der Waals surface area contributed by atoms with Gasteiger partial charge in [0.1, 0.15) is 6.33 Å². The van der Waals surface area contributed by atoms with Gasteiger partial charge in [0.05, 0.1) is 5.69 Å². The van der Waals surface area contributed by atoms with E-state index in [1.165, 1.54) is 25.9 Å². The third kappa shape index (κ3) is 3.30. The summed E-state index contributed by atoms with van der Waals surface area (Å²) in [6, 6.07) is 7.15. The maximum Gasteiger partial charge on any atom is 0.301 e. The molecule has 0 aliphatic carbocycles. The van der Waals surface area contributed by atoms with Gasteiger partial charge in [0.2, 0.25) is 0 Å². The van der Waals surface area contributed by atoms with E-state index in [1.807, 2.05) is 19.2 Å². The van der Waals surface area contributed by atoms with Gasteiger partial charge in [-0.3, -0.25) is 4.72 Å². The van der Waals surface area contributed by atoms with Crippen LogP contribution in [0.4, 0.5) is 5.69 Å². The summed E-state index contributed by atoms with van der Waals surface area (Å²) in [4.78, 5) is 0.758. The molecule has 2 aromatic rings. The molecule has 0 amide bonds. The highest BCUT2D eigenvalue weighted by Crippen LogP contribution is 2.32. The zero-order valence-electron chi connectivity index (χ0n) is 11.3. The summed E-state index contributed by atoms with van der Waals surface area (Å²) in [5, 5.41) is 8.45. The number of rotatable bonds is 5. The zero-order chi connectivity index (χ0) is 14.8. The second-order valence-electron chi connectivity index (χ2n) is 4.21. The van der Waals surface area contributed by atoms with E-state index in [2.05, 4.69) is 14.9 Å². The number of hydrogen-bond acceptors (Lipinski definition) is 5. The van der Waals surface area contributed by atoms with Gasteiger partial charge in [-0.15, -0.1) is 10.2 Å². The highest BCUT2D eigenvalue weighted by atomic mass is 32.2. The summed E-state index contributed by atoms with van der Waals surface area (Å²) < 4.78 is 29.2. The zero-order valence-corrected chi connectivity index (χ0v) is 12.9. The molecule has 0 spiro atoms. The van der Waals surface area contributed by atoms with Crippen LogP contribution in [0.25, 0.3) is 0 Å². The minimum absolute atomic E-state index is 0.509. The number of para-hydroxylation sites is 1. The van der Waals surface area contributed by atoms with Gasteiger partial charge >= 0.3 is 10.2 Å². The van der Waals surface area contributed by atoms with E-state index in [-0.39, 0.29) is 0 Å². The standard InChI is InChI=1S/C11H15N5O2S2/c1-15(2)20(17,18)14-9-6-4-5-7-10(9)19-11-13-12-8-16(11)3/h4-8,14H,1-3H3. The summed E-state index contributed by atoms with van der Waals surface area (Å²) in [7, 11) is 1.24. The lowest BCUT2D eigenvalue weighted by molar-refractivity contribution is 0.526.